The highest BCUT2D eigenvalue weighted by Gasteiger charge is 2.32. The Kier molecular flexibility index (Phi) is 2.80. The fourth-order valence-electron chi connectivity index (χ4n) is 3.18. The third kappa shape index (κ3) is 1.73. The van der Waals surface area contributed by atoms with Crippen LogP contribution in [-0.2, 0) is 16.3 Å². The second kappa shape index (κ2) is 4.19. The maximum atomic E-state index is 12.9. The molecule has 0 spiro atoms. The Morgan fingerprint density at radius 3 is 2.35 bits per heavy atom. The highest BCUT2D eigenvalue weighted by molar-refractivity contribution is 7.91. The second-order valence-electron chi connectivity index (χ2n) is 5.73. The van der Waals surface area contributed by atoms with Gasteiger partial charge >= 0.3 is 0 Å². The molecule has 2 aromatic rings. The lowest BCUT2D eigenvalue weighted by atomic mass is 9.95. The number of rotatable bonds is 0. The summed E-state index contributed by atoms with van der Waals surface area (Å²) in [5.41, 5.74) is 6.10. The summed E-state index contributed by atoms with van der Waals surface area (Å²) in [6, 6.07) is 7.61. The third-order valence-electron chi connectivity index (χ3n) is 4.25. The first-order chi connectivity index (χ1) is 9.32. The quantitative estimate of drug-likeness (QED) is 0.632. The Morgan fingerprint density at radius 1 is 0.950 bits per heavy atom. The zero-order valence-electron chi connectivity index (χ0n) is 12.2. The van der Waals surface area contributed by atoms with Crippen LogP contribution in [0.5, 0.6) is 0 Å². The minimum atomic E-state index is -3.39. The van der Waals surface area contributed by atoms with Crippen LogP contribution in [0.3, 0.4) is 0 Å². The van der Waals surface area contributed by atoms with Crippen molar-refractivity contribution in [1.82, 2.24) is 0 Å². The molecule has 104 valence electrons. The third-order valence-corrected chi connectivity index (χ3v) is 6.33. The van der Waals surface area contributed by atoms with E-state index in [1.165, 1.54) is 0 Å². The predicted molar refractivity (Wildman–Crippen MR) is 80.1 cm³/mol. The minimum absolute atomic E-state index is 0.486. The molecule has 3 heteroatoms. The molecule has 1 heterocycles. The van der Waals surface area contributed by atoms with Crippen molar-refractivity contribution in [2.45, 2.75) is 43.9 Å². The van der Waals surface area contributed by atoms with E-state index >= 15 is 0 Å². The van der Waals surface area contributed by atoms with E-state index in [1.807, 2.05) is 45.9 Å². The molecule has 0 atom stereocenters. The molecule has 20 heavy (non-hydrogen) atoms. The van der Waals surface area contributed by atoms with Crippen molar-refractivity contribution < 1.29 is 8.42 Å². The molecule has 0 aromatic heterocycles. The molecule has 0 aliphatic carbocycles. The van der Waals surface area contributed by atoms with Crippen molar-refractivity contribution >= 4 is 9.84 Å². The number of aryl methyl sites for hydroxylation is 3. The summed E-state index contributed by atoms with van der Waals surface area (Å²) in [6.07, 6.45) is 0.708. The summed E-state index contributed by atoms with van der Waals surface area (Å²) < 4.78 is 25.8. The van der Waals surface area contributed by atoms with Crippen LogP contribution in [0.4, 0.5) is 0 Å². The lowest BCUT2D eigenvalue weighted by Crippen LogP contribution is -2.17. The van der Waals surface area contributed by atoms with Gasteiger partial charge in [0, 0.05) is 6.42 Å². The first kappa shape index (κ1) is 13.4. The number of fused-ring (bicyclic) bond motifs is 2. The van der Waals surface area contributed by atoms with Gasteiger partial charge < -0.3 is 0 Å². The van der Waals surface area contributed by atoms with E-state index in [-0.39, 0.29) is 0 Å². The zero-order chi connectivity index (χ0) is 14.7. The highest BCUT2D eigenvalue weighted by Crippen LogP contribution is 2.38. The first-order valence-corrected chi connectivity index (χ1v) is 8.25. The average Bonchev–Trinajstić information content (AvgIpc) is 2.32. The van der Waals surface area contributed by atoms with E-state index in [1.54, 1.807) is 6.07 Å². The number of sulfone groups is 1. The molecule has 2 nitrogen and oxygen atoms in total. The Balaban J connectivity index is 2.41. The van der Waals surface area contributed by atoms with Crippen molar-refractivity contribution in [2.75, 3.05) is 0 Å². The monoisotopic (exact) mass is 286 g/mol. The van der Waals surface area contributed by atoms with Crippen molar-refractivity contribution in [3.8, 4) is 0 Å². The van der Waals surface area contributed by atoms with Gasteiger partial charge in [0.05, 0.1) is 9.79 Å². The van der Waals surface area contributed by atoms with Crippen LogP contribution in [0.15, 0.2) is 34.1 Å². The lowest BCUT2D eigenvalue weighted by Gasteiger charge is -2.24. The van der Waals surface area contributed by atoms with Gasteiger partial charge in [0.15, 0.2) is 0 Å². The van der Waals surface area contributed by atoms with E-state index in [0.29, 0.717) is 16.2 Å². The van der Waals surface area contributed by atoms with Gasteiger partial charge in [-0.1, -0.05) is 23.8 Å². The van der Waals surface area contributed by atoms with Crippen LogP contribution in [-0.4, -0.2) is 8.42 Å². The van der Waals surface area contributed by atoms with Crippen LogP contribution in [0.1, 0.15) is 33.4 Å². The van der Waals surface area contributed by atoms with Gasteiger partial charge in [-0.15, -0.1) is 0 Å². The van der Waals surface area contributed by atoms with Gasteiger partial charge in [-0.3, -0.25) is 0 Å². The largest absolute Gasteiger partial charge is 0.218 e. The second-order valence-corrected chi connectivity index (χ2v) is 7.59. The van der Waals surface area contributed by atoms with Gasteiger partial charge in [0.1, 0.15) is 0 Å². The van der Waals surface area contributed by atoms with Crippen LogP contribution in [0.2, 0.25) is 0 Å². The Hall–Kier alpha value is -1.61. The molecule has 0 fully saturated rings. The molecule has 1 aliphatic rings. The van der Waals surface area contributed by atoms with E-state index in [9.17, 15) is 8.42 Å². The van der Waals surface area contributed by atoms with Gasteiger partial charge in [0.2, 0.25) is 9.84 Å². The van der Waals surface area contributed by atoms with Crippen LogP contribution in [0, 0.1) is 27.7 Å². The molecular weight excluding hydrogens is 268 g/mol. The molecule has 0 saturated heterocycles. The molecule has 0 bridgehead atoms. The Morgan fingerprint density at radius 2 is 1.65 bits per heavy atom. The van der Waals surface area contributed by atoms with E-state index in [4.69, 9.17) is 0 Å². The van der Waals surface area contributed by atoms with E-state index < -0.39 is 9.84 Å². The van der Waals surface area contributed by atoms with Gasteiger partial charge in [-0.25, -0.2) is 8.42 Å². The fourth-order valence-corrected chi connectivity index (χ4v) is 5.15. The summed E-state index contributed by atoms with van der Waals surface area (Å²) in [7, 11) is -3.39. The van der Waals surface area contributed by atoms with Crippen LogP contribution >= 0.6 is 0 Å². The summed E-state index contributed by atoms with van der Waals surface area (Å²) in [4.78, 5) is 0.999. The highest BCUT2D eigenvalue weighted by atomic mass is 32.2. The van der Waals surface area contributed by atoms with Gasteiger partial charge in [-0.05, 0) is 61.6 Å². The van der Waals surface area contributed by atoms with E-state index in [0.717, 1.165) is 33.4 Å². The van der Waals surface area contributed by atoms with Crippen LogP contribution in [0.25, 0.3) is 0 Å². The van der Waals surface area contributed by atoms with Crippen molar-refractivity contribution in [3.63, 3.8) is 0 Å². The smallest absolute Gasteiger partial charge is 0.207 e. The molecule has 3 rings (SSSR count). The molecule has 0 amide bonds. The fraction of sp³-hybridized carbons (Fsp3) is 0.294. The van der Waals surface area contributed by atoms with Crippen molar-refractivity contribution in [3.05, 3.63) is 57.6 Å². The normalized spacial score (nSPS) is 15.6. The van der Waals surface area contributed by atoms with Crippen molar-refractivity contribution in [1.29, 1.82) is 0 Å². The first-order valence-electron chi connectivity index (χ1n) is 6.76. The molecule has 0 saturated carbocycles. The molecule has 2 aromatic carbocycles. The molecule has 0 unspecified atom stereocenters. The summed E-state index contributed by atoms with van der Waals surface area (Å²) in [5.74, 6) is 0. The maximum Gasteiger partial charge on any atom is 0.207 e. The van der Waals surface area contributed by atoms with E-state index in [2.05, 4.69) is 0 Å². The van der Waals surface area contributed by atoms with Gasteiger partial charge in [0.25, 0.3) is 0 Å². The summed E-state index contributed by atoms with van der Waals surface area (Å²) in [5, 5.41) is 0. The Labute approximate surface area is 120 Å². The number of hydrogen-bond donors (Lipinski definition) is 0. The zero-order valence-corrected chi connectivity index (χ0v) is 13.1. The van der Waals surface area contributed by atoms with Gasteiger partial charge in [-0.2, -0.15) is 0 Å². The summed E-state index contributed by atoms with van der Waals surface area (Å²) in [6.45, 7) is 7.94. The molecular formula is C17H18O2S. The lowest BCUT2D eigenvalue weighted by molar-refractivity contribution is 0.590. The number of hydrogen-bond acceptors (Lipinski definition) is 2. The standard InChI is InChI=1S/C17H18O2S/c1-10-7-12(3)17-14(8-10)9-15-13(4)11(2)5-6-16(15)20(17,18)19/h5-8H,9H2,1-4H3. The average molecular weight is 286 g/mol. The minimum Gasteiger partial charge on any atom is -0.218 e. The van der Waals surface area contributed by atoms with Crippen molar-refractivity contribution in [2.24, 2.45) is 0 Å². The molecule has 1 aliphatic heterocycles. The molecule has 0 N–H and O–H groups in total. The van der Waals surface area contributed by atoms with Crippen LogP contribution < -0.4 is 0 Å². The number of benzene rings is 2. The predicted octanol–water partition coefficient (Wildman–Crippen LogP) is 3.66. The Bertz CT molecular complexity index is 831. The summed E-state index contributed by atoms with van der Waals surface area (Å²) >= 11 is 0. The SMILES string of the molecule is Cc1cc(C)c2c(c1)Cc1c(ccc(C)c1C)S2(=O)=O. The maximum absolute atomic E-state index is 12.9. The molecule has 0 radical (unpaired) electrons. The topological polar surface area (TPSA) is 34.1 Å².